The normalized spacial score (nSPS) is 19.8. The van der Waals surface area contributed by atoms with Crippen molar-refractivity contribution in [2.45, 2.75) is 5.41 Å². The summed E-state index contributed by atoms with van der Waals surface area (Å²) in [6.45, 7) is 0. The lowest BCUT2D eigenvalue weighted by molar-refractivity contribution is -0.120. The lowest BCUT2D eigenvalue weighted by Gasteiger charge is -2.31. The summed E-state index contributed by atoms with van der Waals surface area (Å²) >= 11 is 7.59. The number of nitriles is 1. The summed E-state index contributed by atoms with van der Waals surface area (Å²) in [5.74, 6) is -0.179. The third kappa shape index (κ3) is 2.21. The van der Waals surface area contributed by atoms with Gasteiger partial charge in [-0.25, -0.2) is 4.98 Å². The van der Waals surface area contributed by atoms with E-state index in [9.17, 15) is 10.1 Å². The highest BCUT2D eigenvalue weighted by molar-refractivity contribution is 7.15. The van der Waals surface area contributed by atoms with E-state index in [1.807, 2.05) is 30.3 Å². The SMILES string of the molecule is CN1C(=O)[C@@]2(C(C#N)=C(N)Oc3nc(-c4ccccc4)sc32)c2cc(Cl)ccc21. The number of halogens is 1. The Hall–Kier alpha value is -3.34. The molecule has 6 nitrogen and oxygen atoms in total. The number of rotatable bonds is 1. The number of anilines is 1. The number of nitrogens with zero attached hydrogens (tertiary/aromatic N) is 3. The molecular weight excluding hydrogens is 408 g/mol. The van der Waals surface area contributed by atoms with Crippen LogP contribution in [0, 0.1) is 11.3 Å². The molecule has 0 bridgehead atoms. The van der Waals surface area contributed by atoms with Gasteiger partial charge in [-0.3, -0.25) is 4.79 Å². The van der Waals surface area contributed by atoms with Gasteiger partial charge in [0.05, 0.1) is 4.88 Å². The molecule has 3 aromatic rings. The average Bonchev–Trinajstić information content (AvgIpc) is 3.23. The molecule has 1 amide bonds. The van der Waals surface area contributed by atoms with Crippen LogP contribution in [0.1, 0.15) is 10.4 Å². The van der Waals surface area contributed by atoms with Crippen LogP contribution in [0.15, 0.2) is 60.0 Å². The van der Waals surface area contributed by atoms with Crippen LogP contribution in [-0.2, 0) is 10.2 Å². The molecule has 2 aliphatic heterocycles. The van der Waals surface area contributed by atoms with Crippen molar-refractivity contribution < 1.29 is 9.53 Å². The smallest absolute Gasteiger partial charge is 0.248 e. The van der Waals surface area contributed by atoms with E-state index in [1.165, 1.54) is 16.2 Å². The van der Waals surface area contributed by atoms with E-state index in [0.29, 0.717) is 26.2 Å². The minimum atomic E-state index is -1.42. The quantitative estimate of drug-likeness (QED) is 0.646. The van der Waals surface area contributed by atoms with Gasteiger partial charge in [-0.15, -0.1) is 11.3 Å². The van der Waals surface area contributed by atoms with Gasteiger partial charge in [-0.05, 0) is 18.2 Å². The Bertz CT molecular complexity index is 1260. The first-order valence-electron chi connectivity index (χ1n) is 8.71. The van der Waals surface area contributed by atoms with Crippen molar-refractivity contribution in [2.75, 3.05) is 11.9 Å². The number of benzene rings is 2. The van der Waals surface area contributed by atoms with Gasteiger partial charge >= 0.3 is 0 Å². The fraction of sp³-hybridized carbons (Fsp3) is 0.0952. The van der Waals surface area contributed by atoms with Gasteiger partial charge in [-0.1, -0.05) is 41.9 Å². The molecule has 29 heavy (non-hydrogen) atoms. The van der Waals surface area contributed by atoms with Crippen LogP contribution in [0.25, 0.3) is 10.6 Å². The zero-order valence-electron chi connectivity index (χ0n) is 15.1. The van der Waals surface area contributed by atoms with Crippen LogP contribution in [0.2, 0.25) is 5.02 Å². The van der Waals surface area contributed by atoms with Crippen LogP contribution >= 0.6 is 22.9 Å². The van der Waals surface area contributed by atoms with E-state index in [0.717, 1.165) is 5.56 Å². The number of hydrogen-bond donors (Lipinski definition) is 1. The molecule has 2 N–H and O–H groups in total. The lowest BCUT2D eigenvalue weighted by atomic mass is 9.73. The fourth-order valence-corrected chi connectivity index (χ4v) is 5.32. The highest BCUT2D eigenvalue weighted by Gasteiger charge is 2.60. The van der Waals surface area contributed by atoms with Gasteiger partial charge in [0.25, 0.3) is 0 Å². The fourth-order valence-electron chi connectivity index (χ4n) is 3.95. The van der Waals surface area contributed by atoms with Crippen molar-refractivity contribution in [3.63, 3.8) is 0 Å². The third-order valence-corrected chi connectivity index (χ3v) is 6.69. The Morgan fingerprint density at radius 1 is 1.28 bits per heavy atom. The van der Waals surface area contributed by atoms with Crippen molar-refractivity contribution in [1.82, 2.24) is 4.98 Å². The summed E-state index contributed by atoms with van der Waals surface area (Å²) in [5.41, 5.74) is 6.88. The van der Waals surface area contributed by atoms with Gasteiger partial charge < -0.3 is 15.4 Å². The highest BCUT2D eigenvalue weighted by Crippen LogP contribution is 2.57. The average molecular weight is 421 g/mol. The van der Waals surface area contributed by atoms with Crippen LogP contribution in [0.3, 0.4) is 0 Å². The molecular formula is C21H13ClN4O2S. The first-order valence-corrected chi connectivity index (χ1v) is 9.91. The molecule has 0 radical (unpaired) electrons. The van der Waals surface area contributed by atoms with Crippen molar-refractivity contribution in [3.8, 4) is 22.5 Å². The Morgan fingerprint density at radius 2 is 2.03 bits per heavy atom. The Labute approximate surface area is 175 Å². The zero-order valence-corrected chi connectivity index (χ0v) is 16.7. The Morgan fingerprint density at radius 3 is 2.76 bits per heavy atom. The highest BCUT2D eigenvalue weighted by atomic mass is 35.5. The molecule has 1 atom stereocenters. The van der Waals surface area contributed by atoms with Gasteiger partial charge in [0.2, 0.25) is 17.7 Å². The van der Waals surface area contributed by atoms with Crippen molar-refractivity contribution >= 4 is 34.5 Å². The van der Waals surface area contributed by atoms with E-state index in [-0.39, 0.29) is 23.2 Å². The molecule has 0 unspecified atom stereocenters. The number of ether oxygens (including phenoxy) is 1. The maximum atomic E-state index is 13.6. The van der Waals surface area contributed by atoms with Crippen LogP contribution in [-0.4, -0.2) is 17.9 Å². The number of carbonyl (C=O) groups excluding carboxylic acids is 1. The summed E-state index contributed by atoms with van der Waals surface area (Å²) in [5, 5.41) is 11.1. The molecule has 0 saturated carbocycles. The summed E-state index contributed by atoms with van der Waals surface area (Å²) < 4.78 is 5.68. The minimum absolute atomic E-state index is 0.0473. The van der Waals surface area contributed by atoms with E-state index >= 15 is 0 Å². The van der Waals surface area contributed by atoms with Crippen LogP contribution in [0.5, 0.6) is 5.88 Å². The molecule has 0 saturated heterocycles. The standard InChI is InChI=1S/C21H13ClN4O2S/c1-26-15-8-7-12(22)9-13(15)21(20(26)27)14(10-23)17(24)28-18-16(21)29-19(25-18)11-5-3-2-4-6-11/h2-9H,24H2,1H3/t21-/m1/s1. The Balaban J connectivity index is 1.86. The zero-order chi connectivity index (χ0) is 20.3. The summed E-state index contributed by atoms with van der Waals surface area (Å²) in [6, 6.07) is 16.9. The second-order valence-corrected chi connectivity index (χ2v) is 8.18. The molecule has 8 heteroatoms. The minimum Gasteiger partial charge on any atom is -0.421 e. The number of amides is 1. The summed E-state index contributed by atoms with van der Waals surface area (Å²) in [7, 11) is 1.67. The topological polar surface area (TPSA) is 92.2 Å². The number of aromatic nitrogens is 1. The van der Waals surface area contributed by atoms with E-state index in [1.54, 1.807) is 25.2 Å². The maximum Gasteiger partial charge on any atom is 0.248 e. The van der Waals surface area contributed by atoms with Crippen LogP contribution in [0.4, 0.5) is 5.69 Å². The molecule has 0 aliphatic carbocycles. The lowest BCUT2D eigenvalue weighted by Crippen LogP contribution is -2.44. The number of carbonyl (C=O) groups is 1. The number of hydrogen-bond acceptors (Lipinski definition) is 6. The monoisotopic (exact) mass is 420 g/mol. The van der Waals surface area contributed by atoms with Crippen molar-refractivity contribution in [2.24, 2.45) is 5.73 Å². The molecule has 5 rings (SSSR count). The first kappa shape index (κ1) is 17.7. The second-order valence-electron chi connectivity index (χ2n) is 6.75. The molecule has 2 aliphatic rings. The van der Waals surface area contributed by atoms with E-state index in [4.69, 9.17) is 22.1 Å². The number of nitrogens with two attached hydrogens (primary N) is 1. The van der Waals surface area contributed by atoms with Crippen molar-refractivity contribution in [3.05, 3.63) is 75.5 Å². The molecule has 3 heterocycles. The molecule has 1 aromatic heterocycles. The first-order chi connectivity index (χ1) is 14.0. The molecule has 0 fully saturated rings. The summed E-state index contributed by atoms with van der Waals surface area (Å²) in [4.78, 5) is 20.3. The second kappa shape index (κ2) is 6.08. The number of thiazole rings is 1. The van der Waals surface area contributed by atoms with Gasteiger partial charge in [0, 0.05) is 28.9 Å². The molecule has 1 spiro atoms. The van der Waals surface area contributed by atoms with E-state index in [2.05, 4.69) is 11.1 Å². The number of likely N-dealkylation sites (N-methyl/N-ethyl adjacent to an activating group) is 1. The number of fused-ring (bicyclic) bond motifs is 4. The summed E-state index contributed by atoms with van der Waals surface area (Å²) in [6.07, 6.45) is 0. The van der Waals surface area contributed by atoms with Gasteiger partial charge in [-0.2, -0.15) is 5.26 Å². The van der Waals surface area contributed by atoms with Crippen LogP contribution < -0.4 is 15.4 Å². The largest absolute Gasteiger partial charge is 0.421 e. The predicted molar refractivity (Wildman–Crippen MR) is 111 cm³/mol. The van der Waals surface area contributed by atoms with Crippen molar-refractivity contribution in [1.29, 1.82) is 5.26 Å². The van der Waals surface area contributed by atoms with Gasteiger partial charge in [0.15, 0.2) is 5.41 Å². The molecule has 142 valence electrons. The predicted octanol–water partition coefficient (Wildman–Crippen LogP) is 3.81. The van der Waals surface area contributed by atoms with E-state index < -0.39 is 5.41 Å². The van der Waals surface area contributed by atoms with Gasteiger partial charge in [0.1, 0.15) is 16.6 Å². The Kier molecular flexibility index (Phi) is 3.72. The third-order valence-electron chi connectivity index (χ3n) is 5.25. The maximum absolute atomic E-state index is 13.6. The molecule has 2 aromatic carbocycles.